The largest absolute Gasteiger partial charge is 0.493 e. The van der Waals surface area contributed by atoms with Gasteiger partial charge in [-0.15, -0.1) is 0 Å². The number of aliphatic carboxylic acids is 2. The lowest BCUT2D eigenvalue weighted by atomic mass is 9.83. The average molecular weight is 1190 g/mol. The van der Waals surface area contributed by atoms with E-state index in [2.05, 4.69) is 58.3 Å². The molecule has 0 aromatic heterocycles. The Morgan fingerprint density at radius 2 is 0.895 bits per heavy atom. The van der Waals surface area contributed by atoms with Crippen molar-refractivity contribution < 1.29 is 57.2 Å². The van der Waals surface area contributed by atoms with Crippen molar-refractivity contribution in [3.8, 4) is 46.0 Å². The molecule has 0 amide bonds. The normalized spacial score (nSPS) is 19.5. The van der Waals surface area contributed by atoms with Crippen LogP contribution in [0.3, 0.4) is 0 Å². The monoisotopic (exact) mass is 1190 g/mol. The average Bonchev–Trinajstić information content (AvgIpc) is 0.775. The van der Waals surface area contributed by atoms with Gasteiger partial charge in [0.1, 0.15) is 17.8 Å². The number of unbranched alkanes of at least 4 members (excludes halogenated alkanes) is 26. The molecule has 4 aliphatic heterocycles. The maximum atomic E-state index is 14.0. The number of nitrogens with zero attached hydrogens (tertiary/aromatic N) is 2. The first-order valence-electron chi connectivity index (χ1n) is 34.1. The first kappa shape index (κ1) is 68.0. The van der Waals surface area contributed by atoms with Crippen molar-refractivity contribution in [3.63, 3.8) is 0 Å². The molecule has 0 aliphatic carbocycles. The van der Waals surface area contributed by atoms with E-state index in [-0.39, 0.29) is 10.5 Å². The van der Waals surface area contributed by atoms with Crippen LogP contribution in [0.4, 0.5) is 0 Å². The van der Waals surface area contributed by atoms with Gasteiger partial charge in [0.2, 0.25) is 5.75 Å². The van der Waals surface area contributed by atoms with E-state index in [9.17, 15) is 19.8 Å². The molecule has 12 nitrogen and oxygen atoms in total. The molecule has 8 rings (SSSR count). The lowest BCUT2D eigenvalue weighted by molar-refractivity contribution is -0.956. The summed E-state index contributed by atoms with van der Waals surface area (Å²) in [7, 11) is 10.9. The van der Waals surface area contributed by atoms with E-state index in [0.717, 1.165) is 71.9 Å². The molecule has 476 valence electrons. The Morgan fingerprint density at radius 3 is 1.36 bits per heavy atom. The minimum absolute atomic E-state index is 0.241. The van der Waals surface area contributed by atoms with Gasteiger partial charge in [-0.25, -0.2) is 9.59 Å². The van der Waals surface area contributed by atoms with E-state index in [1.807, 2.05) is 30.3 Å². The molecule has 86 heavy (non-hydrogen) atoms. The molecule has 2 N–H and O–H groups in total. The number of carbonyl (C=O) groups is 2. The molecule has 4 aromatic rings. The van der Waals surface area contributed by atoms with Crippen LogP contribution in [0, 0.1) is 0 Å². The van der Waals surface area contributed by atoms with Gasteiger partial charge in [-0.3, -0.25) is 0 Å². The van der Waals surface area contributed by atoms with Gasteiger partial charge in [-0.1, -0.05) is 199 Å². The predicted molar refractivity (Wildman–Crippen MR) is 347 cm³/mol. The van der Waals surface area contributed by atoms with Gasteiger partial charge in [0.25, 0.3) is 0 Å². The summed E-state index contributed by atoms with van der Waals surface area (Å²) < 4.78 is 39.5. The fraction of sp³-hybridized carbons (Fsp3) is 0.649. The fourth-order valence-electron chi connectivity index (χ4n) is 14.8. The van der Waals surface area contributed by atoms with Crippen LogP contribution in [0.5, 0.6) is 46.0 Å². The number of carboxylic acids is 2. The number of likely N-dealkylation sites (N-methyl/N-ethyl adjacent to an activating group) is 2. The Balaban J connectivity index is 1.21. The summed E-state index contributed by atoms with van der Waals surface area (Å²) in [5.74, 6) is 2.63. The second kappa shape index (κ2) is 34.9. The molecule has 6 atom stereocenters. The summed E-state index contributed by atoms with van der Waals surface area (Å²) in [6.45, 7) is 5.77. The quantitative estimate of drug-likeness (QED) is 0.0330. The fourth-order valence-corrected chi connectivity index (χ4v) is 14.8. The Hall–Kier alpha value is -5.46. The van der Waals surface area contributed by atoms with Crippen LogP contribution in [0.2, 0.25) is 0 Å². The standard InChI is InChI=1S/C74H110N2O10/c1-9-11-13-15-17-19-21-23-25-27-29-31-33-35-37-61(73(77)78)75(3)47-45-57-52-66(82-6)68-54-60(57)63(75)49-55-39-42-59(43-40-55)85-67-51-56(41-44-65(67)81-5)50-64-70-58(53-69(83-7)71(84-8)72(70)86-68)46-48-76(64,4)62(74(79)80)38-36-34-32-30-28-26-24-22-20-18-16-14-12-10-2/h39-44,51-54,61-64H,9-38,45-50H2,1-8H3/p+2. The lowest BCUT2D eigenvalue weighted by Gasteiger charge is -2.49. The number of carboxylic acid groups (broad SMARTS) is 2. The molecule has 0 spiro atoms. The van der Waals surface area contributed by atoms with Crippen molar-refractivity contribution in [2.24, 2.45) is 0 Å². The van der Waals surface area contributed by atoms with Gasteiger partial charge in [0, 0.05) is 44.1 Å². The van der Waals surface area contributed by atoms with Gasteiger partial charge >= 0.3 is 11.9 Å². The lowest BCUT2D eigenvalue weighted by Crippen LogP contribution is -2.61. The maximum Gasteiger partial charge on any atom is 0.362 e. The molecule has 0 saturated carbocycles. The molecule has 0 fully saturated rings. The van der Waals surface area contributed by atoms with Crippen LogP contribution in [-0.4, -0.2) is 98.8 Å². The van der Waals surface area contributed by atoms with Crippen LogP contribution in [0.15, 0.2) is 60.7 Å². The second-order valence-electron chi connectivity index (χ2n) is 26.1. The summed E-state index contributed by atoms with van der Waals surface area (Å²) in [4.78, 5) is 27.8. The molecule has 4 aromatic carbocycles. The first-order valence-corrected chi connectivity index (χ1v) is 34.1. The van der Waals surface area contributed by atoms with Crippen LogP contribution in [-0.2, 0) is 35.3 Å². The SMILES string of the molecule is CCCCCCCCCCCCCCCCC(C(=O)O)[N+]1(C)CCc2cc(OC)c3cc2C1Cc1ccc(cc1)Oc1cc(ccc1OC)CC1c2c(cc(OC)c(OC)c2O3)CC[N+]1(C)C(CCCCCCCCCCCCCCCC)C(=O)O. The van der Waals surface area contributed by atoms with E-state index in [0.29, 0.717) is 102 Å². The van der Waals surface area contributed by atoms with Gasteiger partial charge in [-0.05, 0) is 77.6 Å². The summed E-state index contributed by atoms with van der Waals surface area (Å²) >= 11 is 0. The van der Waals surface area contributed by atoms with Crippen LogP contribution in [0.25, 0.3) is 0 Å². The molecule has 4 aliphatic rings. The number of ether oxygens (including phenoxy) is 6. The molecule has 12 heteroatoms. The molecule has 6 bridgehead atoms. The van der Waals surface area contributed by atoms with Crippen molar-refractivity contribution in [3.05, 3.63) is 94.0 Å². The maximum absolute atomic E-state index is 14.0. The van der Waals surface area contributed by atoms with Crippen molar-refractivity contribution in [1.29, 1.82) is 0 Å². The molecular formula is C74H112N2O10+2. The second-order valence-corrected chi connectivity index (χ2v) is 26.1. The zero-order valence-electron chi connectivity index (χ0n) is 54.6. The van der Waals surface area contributed by atoms with Crippen LogP contribution < -0.4 is 28.4 Å². The number of methoxy groups -OCH3 is 4. The van der Waals surface area contributed by atoms with Crippen molar-refractivity contribution in [1.82, 2.24) is 0 Å². The smallest absolute Gasteiger partial charge is 0.362 e. The third-order valence-corrected chi connectivity index (χ3v) is 20.1. The number of fused-ring (bicyclic) bond motifs is 2. The predicted octanol–water partition coefficient (Wildman–Crippen LogP) is 18.8. The van der Waals surface area contributed by atoms with Crippen LogP contribution in [0.1, 0.15) is 252 Å². The summed E-state index contributed by atoms with van der Waals surface area (Å²) in [5, 5.41) is 22.8. The van der Waals surface area contributed by atoms with E-state index < -0.39 is 30.1 Å². The Labute approximate surface area is 518 Å². The summed E-state index contributed by atoms with van der Waals surface area (Å²) in [5.41, 5.74) is 6.01. The highest BCUT2D eigenvalue weighted by molar-refractivity contribution is 5.73. The zero-order chi connectivity index (χ0) is 61.3. The number of hydrogen-bond acceptors (Lipinski definition) is 8. The molecule has 0 radical (unpaired) electrons. The van der Waals surface area contributed by atoms with Gasteiger partial charge < -0.3 is 47.6 Å². The molecule has 4 heterocycles. The van der Waals surface area contributed by atoms with E-state index in [1.54, 1.807) is 28.4 Å². The summed E-state index contributed by atoms with van der Waals surface area (Å²) in [6.07, 6.45) is 38.2. The van der Waals surface area contributed by atoms with Gasteiger partial charge in [-0.2, -0.15) is 0 Å². The minimum Gasteiger partial charge on any atom is -0.493 e. The highest BCUT2D eigenvalue weighted by atomic mass is 16.5. The number of benzene rings is 4. The third-order valence-electron chi connectivity index (χ3n) is 20.1. The van der Waals surface area contributed by atoms with Crippen LogP contribution >= 0.6 is 0 Å². The highest BCUT2D eigenvalue weighted by Gasteiger charge is 2.51. The minimum atomic E-state index is -0.803. The van der Waals surface area contributed by atoms with Crippen molar-refractivity contribution >= 4 is 11.9 Å². The number of quaternary nitrogens is 2. The van der Waals surface area contributed by atoms with E-state index in [4.69, 9.17) is 28.4 Å². The van der Waals surface area contributed by atoms with Crippen molar-refractivity contribution in [2.45, 2.75) is 256 Å². The summed E-state index contributed by atoms with van der Waals surface area (Å²) in [6, 6.07) is 18.4. The number of rotatable bonds is 38. The highest BCUT2D eigenvalue weighted by Crippen LogP contribution is 2.55. The number of hydrogen-bond donors (Lipinski definition) is 2. The Kier molecular flexibility index (Phi) is 27.6. The molecular weight excluding hydrogens is 1080 g/mol. The topological polar surface area (TPSA) is 130 Å². The van der Waals surface area contributed by atoms with E-state index in [1.165, 1.54) is 141 Å². The molecule has 6 unspecified atom stereocenters. The molecule has 0 saturated heterocycles. The Bertz CT molecular complexity index is 2710. The van der Waals surface area contributed by atoms with Gasteiger partial charge in [0.15, 0.2) is 46.6 Å². The van der Waals surface area contributed by atoms with Crippen molar-refractivity contribution in [2.75, 3.05) is 55.6 Å². The Morgan fingerprint density at radius 1 is 0.477 bits per heavy atom. The van der Waals surface area contributed by atoms with E-state index >= 15 is 0 Å². The first-order chi connectivity index (χ1) is 41.8. The zero-order valence-corrected chi connectivity index (χ0v) is 54.6. The third kappa shape index (κ3) is 18.1. The van der Waals surface area contributed by atoms with Gasteiger partial charge in [0.05, 0.1) is 61.2 Å².